The van der Waals surface area contributed by atoms with Gasteiger partial charge in [-0.25, -0.2) is 0 Å². The van der Waals surface area contributed by atoms with Crippen LogP contribution in [0, 0.1) is 6.92 Å². The van der Waals surface area contributed by atoms with Crippen LogP contribution in [0.2, 0.25) is 0 Å². The Kier molecular flexibility index (Phi) is 5.65. The SMILES string of the molecule is COC(CN)C(=O)NCCCc1cn[nH]c1C. The van der Waals surface area contributed by atoms with Crippen molar-refractivity contribution in [2.45, 2.75) is 25.9 Å². The summed E-state index contributed by atoms with van der Waals surface area (Å²) < 4.78 is 4.93. The molecular weight excluding hydrogens is 220 g/mol. The summed E-state index contributed by atoms with van der Waals surface area (Å²) in [6, 6.07) is 0. The lowest BCUT2D eigenvalue weighted by Gasteiger charge is -2.12. The zero-order chi connectivity index (χ0) is 12.7. The Morgan fingerprint density at radius 1 is 1.71 bits per heavy atom. The van der Waals surface area contributed by atoms with Crippen LogP contribution in [0.3, 0.4) is 0 Å². The highest BCUT2D eigenvalue weighted by Crippen LogP contribution is 2.04. The first-order chi connectivity index (χ1) is 8.19. The number of ether oxygens (including phenoxy) is 1. The van der Waals surface area contributed by atoms with E-state index >= 15 is 0 Å². The Morgan fingerprint density at radius 2 is 2.47 bits per heavy atom. The van der Waals surface area contributed by atoms with Crippen molar-refractivity contribution in [3.8, 4) is 0 Å². The number of nitrogens with two attached hydrogens (primary N) is 1. The molecule has 0 aliphatic rings. The van der Waals surface area contributed by atoms with Crippen molar-refractivity contribution < 1.29 is 9.53 Å². The summed E-state index contributed by atoms with van der Waals surface area (Å²) >= 11 is 0. The predicted molar refractivity (Wildman–Crippen MR) is 64.5 cm³/mol. The van der Waals surface area contributed by atoms with Crippen LogP contribution in [0.15, 0.2) is 6.20 Å². The first-order valence-electron chi connectivity index (χ1n) is 5.68. The van der Waals surface area contributed by atoms with Crippen molar-refractivity contribution in [3.63, 3.8) is 0 Å². The van der Waals surface area contributed by atoms with Crippen LogP contribution in [0.5, 0.6) is 0 Å². The first-order valence-corrected chi connectivity index (χ1v) is 5.68. The van der Waals surface area contributed by atoms with E-state index in [2.05, 4.69) is 15.5 Å². The predicted octanol–water partition coefficient (Wildman–Crippen LogP) is -0.259. The smallest absolute Gasteiger partial charge is 0.250 e. The topological polar surface area (TPSA) is 93.0 Å². The summed E-state index contributed by atoms with van der Waals surface area (Å²) in [5.74, 6) is -0.154. The number of nitrogens with one attached hydrogen (secondary N) is 2. The van der Waals surface area contributed by atoms with Crippen LogP contribution in [0.1, 0.15) is 17.7 Å². The Labute approximate surface area is 101 Å². The van der Waals surface area contributed by atoms with Gasteiger partial charge in [0, 0.05) is 25.9 Å². The quantitative estimate of drug-likeness (QED) is 0.572. The summed E-state index contributed by atoms with van der Waals surface area (Å²) in [6.07, 6.45) is 3.02. The van der Waals surface area contributed by atoms with Gasteiger partial charge in [-0.2, -0.15) is 5.10 Å². The fourth-order valence-electron chi connectivity index (χ4n) is 1.54. The van der Waals surface area contributed by atoms with Crippen LogP contribution < -0.4 is 11.1 Å². The average Bonchev–Trinajstić information content (AvgIpc) is 2.72. The van der Waals surface area contributed by atoms with Gasteiger partial charge in [0.15, 0.2) is 0 Å². The standard InChI is InChI=1S/C11H20N4O2/c1-8-9(7-14-15-8)4-3-5-13-11(16)10(6-12)17-2/h7,10H,3-6,12H2,1-2H3,(H,13,16)(H,14,15). The lowest BCUT2D eigenvalue weighted by molar-refractivity contribution is -0.130. The van der Waals surface area contributed by atoms with Crippen LogP contribution in [-0.2, 0) is 16.0 Å². The van der Waals surface area contributed by atoms with E-state index in [9.17, 15) is 4.79 Å². The van der Waals surface area contributed by atoms with Gasteiger partial charge in [-0.15, -0.1) is 0 Å². The minimum absolute atomic E-state index is 0.154. The molecule has 4 N–H and O–H groups in total. The van der Waals surface area contributed by atoms with Crippen LogP contribution >= 0.6 is 0 Å². The second-order valence-corrected chi connectivity index (χ2v) is 3.87. The van der Waals surface area contributed by atoms with E-state index in [0.717, 1.165) is 18.5 Å². The number of rotatable bonds is 7. The molecule has 0 aromatic carbocycles. The van der Waals surface area contributed by atoms with Crippen LogP contribution in [0.25, 0.3) is 0 Å². The maximum atomic E-state index is 11.5. The third-order valence-corrected chi connectivity index (χ3v) is 2.65. The molecule has 1 aromatic heterocycles. The normalized spacial score (nSPS) is 12.4. The molecule has 0 saturated carbocycles. The zero-order valence-electron chi connectivity index (χ0n) is 10.3. The lowest BCUT2D eigenvalue weighted by atomic mass is 10.1. The number of aryl methyl sites for hydroxylation is 2. The molecule has 0 fully saturated rings. The number of H-pyrrole nitrogens is 1. The molecule has 6 nitrogen and oxygen atoms in total. The Morgan fingerprint density at radius 3 is 3.00 bits per heavy atom. The minimum Gasteiger partial charge on any atom is -0.370 e. The number of methoxy groups -OCH3 is 1. The molecule has 17 heavy (non-hydrogen) atoms. The van der Waals surface area contributed by atoms with E-state index in [0.29, 0.717) is 6.54 Å². The maximum Gasteiger partial charge on any atom is 0.250 e. The largest absolute Gasteiger partial charge is 0.370 e. The van der Waals surface area contributed by atoms with E-state index in [1.807, 2.05) is 13.1 Å². The van der Waals surface area contributed by atoms with Gasteiger partial charge < -0.3 is 15.8 Å². The number of hydrogen-bond donors (Lipinski definition) is 3. The summed E-state index contributed by atoms with van der Waals surface area (Å²) in [7, 11) is 1.48. The highest BCUT2D eigenvalue weighted by Gasteiger charge is 2.14. The van der Waals surface area contributed by atoms with Gasteiger partial charge in [0.1, 0.15) is 6.10 Å². The van der Waals surface area contributed by atoms with Gasteiger partial charge >= 0.3 is 0 Å². The fourth-order valence-corrected chi connectivity index (χ4v) is 1.54. The molecule has 1 amide bonds. The molecule has 0 spiro atoms. The molecule has 1 aromatic rings. The average molecular weight is 240 g/mol. The lowest BCUT2D eigenvalue weighted by Crippen LogP contribution is -2.41. The summed E-state index contributed by atoms with van der Waals surface area (Å²) in [5, 5.41) is 9.61. The highest BCUT2D eigenvalue weighted by molar-refractivity contribution is 5.80. The van der Waals surface area contributed by atoms with E-state index in [-0.39, 0.29) is 12.5 Å². The van der Waals surface area contributed by atoms with Gasteiger partial charge in [-0.1, -0.05) is 0 Å². The van der Waals surface area contributed by atoms with Crippen molar-refractivity contribution in [1.29, 1.82) is 0 Å². The molecule has 1 rings (SSSR count). The monoisotopic (exact) mass is 240 g/mol. The van der Waals surface area contributed by atoms with Gasteiger partial charge in [0.05, 0.1) is 6.20 Å². The second kappa shape index (κ2) is 7.03. The van der Waals surface area contributed by atoms with E-state index in [4.69, 9.17) is 10.5 Å². The van der Waals surface area contributed by atoms with Crippen molar-refractivity contribution in [2.75, 3.05) is 20.2 Å². The van der Waals surface area contributed by atoms with E-state index < -0.39 is 6.10 Å². The summed E-state index contributed by atoms with van der Waals surface area (Å²) in [5.41, 5.74) is 7.65. The summed E-state index contributed by atoms with van der Waals surface area (Å²) in [4.78, 5) is 11.5. The zero-order valence-corrected chi connectivity index (χ0v) is 10.3. The molecule has 1 heterocycles. The van der Waals surface area contributed by atoms with Crippen LogP contribution in [-0.4, -0.2) is 42.4 Å². The second-order valence-electron chi connectivity index (χ2n) is 3.87. The molecule has 6 heteroatoms. The third-order valence-electron chi connectivity index (χ3n) is 2.65. The van der Waals surface area contributed by atoms with Gasteiger partial charge in [0.2, 0.25) is 5.91 Å². The Bertz CT molecular complexity index is 347. The number of carbonyl (C=O) groups excluding carboxylic acids is 1. The van der Waals surface area contributed by atoms with E-state index in [1.165, 1.54) is 12.7 Å². The fraction of sp³-hybridized carbons (Fsp3) is 0.636. The number of aromatic amines is 1. The molecule has 1 unspecified atom stereocenters. The molecule has 0 radical (unpaired) electrons. The molecule has 96 valence electrons. The Balaban J connectivity index is 2.20. The molecule has 0 saturated heterocycles. The molecule has 0 aliphatic carbocycles. The van der Waals surface area contributed by atoms with Crippen molar-refractivity contribution in [2.24, 2.45) is 5.73 Å². The molecule has 0 aliphatic heterocycles. The van der Waals surface area contributed by atoms with Gasteiger partial charge in [-0.3, -0.25) is 9.89 Å². The van der Waals surface area contributed by atoms with Crippen molar-refractivity contribution >= 4 is 5.91 Å². The molecule has 0 bridgehead atoms. The van der Waals surface area contributed by atoms with Crippen LogP contribution in [0.4, 0.5) is 0 Å². The number of hydrogen-bond acceptors (Lipinski definition) is 4. The first kappa shape index (κ1) is 13.7. The van der Waals surface area contributed by atoms with E-state index in [1.54, 1.807) is 0 Å². The summed E-state index contributed by atoms with van der Waals surface area (Å²) in [6.45, 7) is 2.79. The third kappa shape index (κ3) is 4.16. The number of nitrogens with zero attached hydrogens (tertiary/aromatic N) is 1. The van der Waals surface area contributed by atoms with Gasteiger partial charge in [0.25, 0.3) is 0 Å². The minimum atomic E-state index is -0.550. The van der Waals surface area contributed by atoms with Crippen molar-refractivity contribution in [3.05, 3.63) is 17.5 Å². The van der Waals surface area contributed by atoms with Gasteiger partial charge in [-0.05, 0) is 25.3 Å². The van der Waals surface area contributed by atoms with Crippen molar-refractivity contribution in [1.82, 2.24) is 15.5 Å². The highest BCUT2D eigenvalue weighted by atomic mass is 16.5. The molecular formula is C11H20N4O2. The molecule has 1 atom stereocenters. The maximum absolute atomic E-state index is 11.5. The number of amides is 1. The number of carbonyl (C=O) groups is 1. The Hall–Kier alpha value is -1.40. The number of aromatic nitrogens is 2.